The molecular formula is C44H74N2O4. The lowest BCUT2D eigenvalue weighted by atomic mass is 9.33. The van der Waals surface area contributed by atoms with Crippen molar-refractivity contribution >= 4 is 11.9 Å². The Morgan fingerprint density at radius 2 is 1.64 bits per heavy atom. The number of nitrogens with zero attached hydrogens (tertiary/aromatic N) is 2. The topological polar surface area (TPSA) is 70.1 Å². The highest BCUT2D eigenvalue weighted by molar-refractivity contribution is 5.79. The highest BCUT2D eigenvalue weighted by Crippen LogP contribution is 2.75. The molecular weight excluding hydrogens is 620 g/mol. The normalized spacial score (nSPS) is 43.4. The molecule has 0 aromatic carbocycles. The van der Waals surface area contributed by atoms with Crippen LogP contribution in [0.1, 0.15) is 146 Å². The number of carbonyl (C=O) groups is 2. The lowest BCUT2D eigenvalue weighted by Crippen LogP contribution is -2.65. The first-order valence-corrected chi connectivity index (χ1v) is 21.2. The number of carbonyl (C=O) groups excluding carboxylic acids is 2. The first kappa shape index (κ1) is 38.3. The molecule has 5 aliphatic carbocycles. The molecule has 1 amide bonds. The molecule has 0 aromatic heterocycles. The van der Waals surface area contributed by atoms with Gasteiger partial charge >= 0.3 is 5.97 Å². The van der Waals surface area contributed by atoms with Crippen LogP contribution in [0.15, 0.2) is 11.6 Å². The van der Waals surface area contributed by atoms with Crippen molar-refractivity contribution in [2.24, 2.45) is 62.6 Å². The molecule has 6 nitrogen and oxygen atoms in total. The van der Waals surface area contributed by atoms with Crippen LogP contribution in [0.25, 0.3) is 0 Å². The molecule has 0 aromatic rings. The van der Waals surface area contributed by atoms with Gasteiger partial charge in [0.2, 0.25) is 5.91 Å². The van der Waals surface area contributed by atoms with E-state index in [9.17, 15) is 14.7 Å². The summed E-state index contributed by atoms with van der Waals surface area (Å²) >= 11 is 0. The van der Waals surface area contributed by atoms with Gasteiger partial charge in [0.25, 0.3) is 0 Å². The van der Waals surface area contributed by atoms with Crippen LogP contribution in [0.4, 0.5) is 0 Å². The largest absolute Gasteiger partial charge is 0.464 e. The van der Waals surface area contributed by atoms with Crippen LogP contribution in [0.3, 0.4) is 0 Å². The van der Waals surface area contributed by atoms with Gasteiger partial charge in [-0.3, -0.25) is 14.5 Å². The van der Waals surface area contributed by atoms with Crippen LogP contribution in [-0.4, -0.2) is 72.2 Å². The second-order valence-electron chi connectivity index (χ2n) is 19.7. The molecule has 6 heteroatoms. The minimum atomic E-state index is -0.419. The van der Waals surface area contributed by atoms with E-state index < -0.39 is 5.41 Å². The van der Waals surface area contributed by atoms with Gasteiger partial charge in [-0.25, -0.2) is 0 Å². The van der Waals surface area contributed by atoms with Crippen LogP contribution in [-0.2, 0) is 14.3 Å². The third-order valence-corrected chi connectivity index (χ3v) is 17.4. The molecule has 50 heavy (non-hydrogen) atoms. The van der Waals surface area contributed by atoms with Gasteiger partial charge in [0.1, 0.15) is 6.61 Å². The summed E-state index contributed by atoms with van der Waals surface area (Å²) < 4.78 is 6.35. The molecule has 5 fully saturated rings. The number of fused-ring (bicyclic) bond motifs is 7. The van der Waals surface area contributed by atoms with Gasteiger partial charge in [0.05, 0.1) is 11.5 Å². The number of esters is 1. The van der Waals surface area contributed by atoms with E-state index in [4.69, 9.17) is 4.74 Å². The van der Waals surface area contributed by atoms with Crippen LogP contribution in [0.5, 0.6) is 0 Å². The number of piperazine rings is 1. The zero-order chi connectivity index (χ0) is 36.3. The van der Waals surface area contributed by atoms with E-state index in [-0.39, 0.29) is 45.6 Å². The average Bonchev–Trinajstić information content (AvgIpc) is 3.09. The third kappa shape index (κ3) is 5.95. The quantitative estimate of drug-likeness (QED) is 0.193. The summed E-state index contributed by atoms with van der Waals surface area (Å²) in [6, 6.07) is 0. The predicted octanol–water partition coefficient (Wildman–Crippen LogP) is 8.91. The predicted molar refractivity (Wildman–Crippen MR) is 202 cm³/mol. The molecule has 6 aliphatic rings. The molecule has 0 radical (unpaired) electrons. The van der Waals surface area contributed by atoms with Gasteiger partial charge in [0, 0.05) is 38.6 Å². The second kappa shape index (κ2) is 14.1. The summed E-state index contributed by atoms with van der Waals surface area (Å²) in [5.74, 6) is 3.00. The zero-order valence-electron chi connectivity index (χ0n) is 33.6. The van der Waals surface area contributed by atoms with Crippen molar-refractivity contribution in [3.05, 3.63) is 11.6 Å². The summed E-state index contributed by atoms with van der Waals surface area (Å²) in [4.78, 5) is 32.1. The first-order valence-electron chi connectivity index (χ1n) is 21.2. The number of hydrogen-bond donors (Lipinski definition) is 1. The number of allylic oxidation sites excluding steroid dienone is 2. The molecule has 4 saturated carbocycles. The minimum absolute atomic E-state index is 0.0462. The smallest absolute Gasteiger partial charge is 0.312 e. The number of ether oxygens (including phenoxy) is 1. The van der Waals surface area contributed by atoms with E-state index in [1.807, 2.05) is 0 Å². The van der Waals surface area contributed by atoms with Crippen molar-refractivity contribution in [1.82, 2.24) is 9.80 Å². The van der Waals surface area contributed by atoms with Gasteiger partial charge in [-0.2, -0.15) is 0 Å². The maximum Gasteiger partial charge on any atom is 0.312 e. The number of aliphatic hydroxyl groups is 1. The Balaban J connectivity index is 1.15. The van der Waals surface area contributed by atoms with Crippen LogP contribution in [0, 0.1) is 62.6 Å². The van der Waals surface area contributed by atoms with Gasteiger partial charge < -0.3 is 14.7 Å². The molecule has 6 rings (SSSR count). The summed E-state index contributed by atoms with van der Waals surface area (Å²) in [7, 11) is 0. The average molecular weight is 695 g/mol. The van der Waals surface area contributed by atoms with Crippen molar-refractivity contribution in [2.75, 3.05) is 39.3 Å². The lowest BCUT2D eigenvalue weighted by molar-refractivity contribution is -0.207. The summed E-state index contributed by atoms with van der Waals surface area (Å²) in [5, 5.41) is 11.1. The van der Waals surface area contributed by atoms with Gasteiger partial charge in [-0.15, -0.1) is 0 Å². The van der Waals surface area contributed by atoms with Crippen molar-refractivity contribution in [3.8, 4) is 0 Å². The monoisotopic (exact) mass is 695 g/mol. The Morgan fingerprint density at radius 1 is 0.920 bits per heavy atom. The number of amides is 1. The number of aliphatic hydroxyl groups excluding tert-OH is 1. The lowest BCUT2D eigenvalue weighted by Gasteiger charge is -2.71. The van der Waals surface area contributed by atoms with E-state index in [2.05, 4.69) is 78.2 Å². The number of hydrogen-bond acceptors (Lipinski definition) is 5. The van der Waals surface area contributed by atoms with E-state index in [0.29, 0.717) is 36.2 Å². The summed E-state index contributed by atoms with van der Waals surface area (Å²) in [6.45, 7) is 26.1. The first-order chi connectivity index (χ1) is 23.6. The molecule has 0 bridgehead atoms. The van der Waals surface area contributed by atoms with Crippen molar-refractivity contribution < 1.29 is 19.4 Å². The minimum Gasteiger partial charge on any atom is -0.464 e. The fraction of sp³-hybridized carbons (Fsp3) is 0.909. The zero-order valence-corrected chi connectivity index (χ0v) is 33.6. The van der Waals surface area contributed by atoms with Gasteiger partial charge in [-0.1, -0.05) is 86.8 Å². The van der Waals surface area contributed by atoms with E-state index in [1.54, 1.807) is 5.57 Å². The van der Waals surface area contributed by atoms with E-state index >= 15 is 0 Å². The van der Waals surface area contributed by atoms with E-state index in [1.165, 1.54) is 12.8 Å². The summed E-state index contributed by atoms with van der Waals surface area (Å²) in [5.41, 5.74) is 1.63. The fourth-order valence-electron chi connectivity index (χ4n) is 13.6. The molecule has 284 valence electrons. The Hall–Kier alpha value is -1.40. The molecule has 11 unspecified atom stereocenters. The fourth-order valence-corrected chi connectivity index (χ4v) is 13.6. The molecule has 0 spiro atoms. The number of unbranched alkanes of at least 4 members (excludes halogenated alkanes) is 1. The standard InChI is InChI=1S/C44H74N2O4/c1-10-12-13-32(11-2)38(48)46-26-24-45(25-27-46)28-29-50-39(49)44-21-16-30(3)31(4)37(44)33-14-15-35-41(7)19-18-36(47)40(5,6)34(41)17-20-43(35,9)42(33,8)22-23-44/h14,30-32,34-37,47H,10-13,15-29H2,1-9H3. The molecule has 1 N–H and O–H groups in total. The van der Waals surface area contributed by atoms with Crippen molar-refractivity contribution in [2.45, 2.75) is 152 Å². The number of rotatable bonds is 9. The van der Waals surface area contributed by atoms with Crippen molar-refractivity contribution in [1.29, 1.82) is 0 Å². The second-order valence-corrected chi connectivity index (χ2v) is 19.7. The maximum atomic E-state index is 14.5. The maximum absolute atomic E-state index is 14.5. The summed E-state index contributed by atoms with van der Waals surface area (Å²) in [6.07, 6.45) is 16.2. The Morgan fingerprint density at radius 3 is 2.32 bits per heavy atom. The van der Waals surface area contributed by atoms with Gasteiger partial charge in [-0.05, 0) is 122 Å². The Labute approximate surface area is 305 Å². The van der Waals surface area contributed by atoms with E-state index in [0.717, 1.165) is 103 Å². The molecule has 11 atom stereocenters. The Bertz CT molecular complexity index is 1290. The highest BCUT2D eigenvalue weighted by Gasteiger charge is 2.69. The molecule has 1 saturated heterocycles. The van der Waals surface area contributed by atoms with Gasteiger partial charge in [0.15, 0.2) is 0 Å². The molecule has 1 aliphatic heterocycles. The third-order valence-electron chi connectivity index (χ3n) is 17.4. The molecule has 1 heterocycles. The Kier molecular flexibility index (Phi) is 10.8. The van der Waals surface area contributed by atoms with Crippen molar-refractivity contribution in [3.63, 3.8) is 0 Å². The SMILES string of the molecule is CCCCC(CC)C(=O)N1CCN(CCOC(=O)C23CCC(C)C(C)C2C2=CCC4C5(C)CCC(O)C(C)(C)C5CCC4(C)C2(C)CC3)CC1. The van der Waals surface area contributed by atoms with Crippen LogP contribution in [0.2, 0.25) is 0 Å². The van der Waals surface area contributed by atoms with Crippen LogP contribution < -0.4 is 0 Å². The van der Waals surface area contributed by atoms with Crippen LogP contribution >= 0.6 is 0 Å². The highest BCUT2D eigenvalue weighted by atomic mass is 16.5.